The average molecular weight is 414 g/mol. The highest BCUT2D eigenvalue weighted by Crippen LogP contribution is 2.24. The minimum absolute atomic E-state index is 0.0702. The third kappa shape index (κ3) is 6.91. The smallest absolute Gasteiger partial charge is 0.238 e. The fraction of sp³-hybridized carbons (Fsp3) is 0.391. The van der Waals surface area contributed by atoms with Crippen molar-refractivity contribution in [3.05, 3.63) is 60.2 Å². The molecule has 0 aliphatic heterocycles. The molecule has 0 saturated heterocycles. The molecular formula is C23H31N3O2S. The molecule has 0 aliphatic carbocycles. The van der Waals surface area contributed by atoms with E-state index in [1.807, 2.05) is 55.6 Å². The Morgan fingerprint density at radius 1 is 1.07 bits per heavy atom. The summed E-state index contributed by atoms with van der Waals surface area (Å²) in [5.74, 6) is 0.0764. The number of hydrogen-bond acceptors (Lipinski definition) is 4. The number of para-hydroxylation sites is 1. The summed E-state index contributed by atoms with van der Waals surface area (Å²) in [6.45, 7) is 4.68. The Kier molecular flexibility index (Phi) is 9.22. The summed E-state index contributed by atoms with van der Waals surface area (Å²) in [6.07, 6.45) is 2.92. The zero-order valence-electron chi connectivity index (χ0n) is 17.6. The zero-order chi connectivity index (χ0) is 21.2. The molecule has 0 aliphatic rings. The number of carbonyl (C=O) groups is 2. The quantitative estimate of drug-likeness (QED) is 0.579. The van der Waals surface area contributed by atoms with Gasteiger partial charge in [0.05, 0.1) is 18.3 Å². The third-order valence-electron chi connectivity index (χ3n) is 5.10. The second kappa shape index (κ2) is 11.6. The molecule has 2 aromatic rings. The number of nitrogens with zero attached hydrogens (tertiary/aromatic N) is 1. The summed E-state index contributed by atoms with van der Waals surface area (Å²) in [5, 5.41) is 5.97. The van der Waals surface area contributed by atoms with Crippen molar-refractivity contribution in [2.75, 3.05) is 31.7 Å². The Labute approximate surface area is 178 Å². The fourth-order valence-corrected chi connectivity index (χ4v) is 3.65. The van der Waals surface area contributed by atoms with E-state index in [1.165, 1.54) is 5.56 Å². The maximum Gasteiger partial charge on any atom is 0.238 e. The average Bonchev–Trinajstić information content (AvgIpc) is 2.74. The van der Waals surface area contributed by atoms with Gasteiger partial charge >= 0.3 is 0 Å². The number of hydrogen-bond donors (Lipinski definition) is 2. The minimum Gasteiger partial charge on any atom is -0.354 e. The molecule has 0 aromatic heterocycles. The number of likely N-dealkylation sites (N-methyl/N-ethyl adjacent to an activating group) is 1. The summed E-state index contributed by atoms with van der Waals surface area (Å²) in [4.78, 5) is 27.8. The number of nitrogens with one attached hydrogen (secondary N) is 2. The molecule has 5 nitrogen and oxygen atoms in total. The number of rotatable bonds is 10. The van der Waals surface area contributed by atoms with Gasteiger partial charge in [0.1, 0.15) is 0 Å². The van der Waals surface area contributed by atoms with Gasteiger partial charge in [-0.3, -0.25) is 14.5 Å². The molecule has 2 rings (SSSR count). The fourth-order valence-electron chi connectivity index (χ4n) is 3.10. The van der Waals surface area contributed by atoms with E-state index in [0.717, 1.165) is 17.0 Å². The first-order chi connectivity index (χ1) is 14.0. The molecule has 2 N–H and O–H groups in total. The Bertz CT molecular complexity index is 798. The van der Waals surface area contributed by atoms with Crippen LogP contribution in [0.4, 0.5) is 5.69 Å². The highest BCUT2D eigenvalue weighted by atomic mass is 32.2. The van der Waals surface area contributed by atoms with E-state index in [0.29, 0.717) is 6.54 Å². The van der Waals surface area contributed by atoms with Crippen molar-refractivity contribution >= 4 is 29.3 Å². The summed E-state index contributed by atoms with van der Waals surface area (Å²) in [5.41, 5.74) is 2.02. The first-order valence-corrected chi connectivity index (χ1v) is 11.1. The molecular weight excluding hydrogens is 382 g/mol. The standard InChI is InChI=1S/C23H31N3O2S/c1-5-18(19-11-7-6-8-12-19)15-24-23(28)17(2)26(3)16-22(27)25-20-13-9-10-14-21(20)29-4/h6-14,17-18H,5,15-16H2,1-4H3,(H,24,28)(H,25,27)/t17-,18+/m0/s1. The van der Waals surface area contributed by atoms with E-state index in [9.17, 15) is 9.59 Å². The molecule has 2 atom stereocenters. The van der Waals surface area contributed by atoms with Crippen LogP contribution in [0.5, 0.6) is 0 Å². The van der Waals surface area contributed by atoms with Gasteiger partial charge in [-0.2, -0.15) is 0 Å². The van der Waals surface area contributed by atoms with E-state index >= 15 is 0 Å². The summed E-state index contributed by atoms with van der Waals surface area (Å²) >= 11 is 1.58. The highest BCUT2D eigenvalue weighted by Gasteiger charge is 2.21. The van der Waals surface area contributed by atoms with Crippen molar-refractivity contribution in [3.63, 3.8) is 0 Å². The van der Waals surface area contributed by atoms with Crippen LogP contribution in [0.1, 0.15) is 31.7 Å². The maximum atomic E-state index is 12.6. The summed E-state index contributed by atoms with van der Waals surface area (Å²) in [7, 11) is 1.79. The third-order valence-corrected chi connectivity index (χ3v) is 5.90. The molecule has 0 saturated carbocycles. The van der Waals surface area contributed by atoms with E-state index in [1.54, 1.807) is 23.7 Å². The minimum atomic E-state index is -0.398. The van der Waals surface area contributed by atoms with Crippen molar-refractivity contribution in [1.82, 2.24) is 10.2 Å². The molecule has 0 radical (unpaired) electrons. The Hall–Kier alpha value is -2.31. The van der Waals surface area contributed by atoms with Crippen LogP contribution in [0.25, 0.3) is 0 Å². The monoisotopic (exact) mass is 413 g/mol. The van der Waals surface area contributed by atoms with Gasteiger partial charge < -0.3 is 10.6 Å². The van der Waals surface area contributed by atoms with Gasteiger partial charge in [0.2, 0.25) is 11.8 Å². The lowest BCUT2D eigenvalue weighted by atomic mass is 9.96. The van der Waals surface area contributed by atoms with Gasteiger partial charge in [0.25, 0.3) is 0 Å². The van der Waals surface area contributed by atoms with Crippen LogP contribution < -0.4 is 10.6 Å². The molecule has 29 heavy (non-hydrogen) atoms. The SMILES string of the molecule is CC[C@H](CNC(=O)[C@H](C)N(C)CC(=O)Nc1ccccc1SC)c1ccccc1. The summed E-state index contributed by atoms with van der Waals surface area (Å²) < 4.78 is 0. The lowest BCUT2D eigenvalue weighted by Gasteiger charge is -2.25. The van der Waals surface area contributed by atoms with Gasteiger partial charge in [-0.05, 0) is 44.3 Å². The van der Waals surface area contributed by atoms with Gasteiger partial charge in [-0.1, -0.05) is 49.4 Å². The largest absolute Gasteiger partial charge is 0.354 e. The van der Waals surface area contributed by atoms with Gasteiger partial charge in [0.15, 0.2) is 0 Å². The molecule has 156 valence electrons. The molecule has 0 bridgehead atoms. The molecule has 0 heterocycles. The van der Waals surface area contributed by atoms with Crippen molar-refractivity contribution in [3.8, 4) is 0 Å². The molecule has 2 amide bonds. The van der Waals surface area contributed by atoms with Gasteiger partial charge in [-0.25, -0.2) is 0 Å². The molecule has 0 unspecified atom stereocenters. The molecule has 0 spiro atoms. The topological polar surface area (TPSA) is 61.4 Å². The predicted molar refractivity (Wildman–Crippen MR) is 121 cm³/mol. The Morgan fingerprint density at radius 3 is 2.38 bits per heavy atom. The maximum absolute atomic E-state index is 12.6. The number of amides is 2. The predicted octanol–water partition coefficient (Wildman–Crippen LogP) is 3.98. The van der Waals surface area contributed by atoms with Gasteiger partial charge in [-0.15, -0.1) is 11.8 Å². The highest BCUT2D eigenvalue weighted by molar-refractivity contribution is 7.98. The Morgan fingerprint density at radius 2 is 1.72 bits per heavy atom. The van der Waals surface area contributed by atoms with E-state index in [-0.39, 0.29) is 24.3 Å². The normalized spacial score (nSPS) is 13.0. The molecule has 2 aromatic carbocycles. The van der Waals surface area contributed by atoms with Crippen LogP contribution >= 0.6 is 11.8 Å². The number of benzene rings is 2. The second-order valence-corrected chi connectivity index (χ2v) is 7.95. The number of carbonyl (C=O) groups excluding carboxylic acids is 2. The number of anilines is 1. The summed E-state index contributed by atoms with van der Waals surface area (Å²) in [6, 6.07) is 17.5. The van der Waals surface area contributed by atoms with Crippen LogP contribution in [-0.2, 0) is 9.59 Å². The van der Waals surface area contributed by atoms with Crippen LogP contribution in [-0.4, -0.2) is 49.1 Å². The van der Waals surface area contributed by atoms with Crippen molar-refractivity contribution in [2.24, 2.45) is 0 Å². The van der Waals surface area contributed by atoms with Gasteiger partial charge in [0, 0.05) is 17.4 Å². The number of thioether (sulfide) groups is 1. The first kappa shape index (κ1) is 23.0. The molecule has 6 heteroatoms. The Balaban J connectivity index is 1.85. The second-order valence-electron chi connectivity index (χ2n) is 7.10. The lowest BCUT2D eigenvalue weighted by Crippen LogP contribution is -2.46. The van der Waals surface area contributed by atoms with Crippen LogP contribution in [0.2, 0.25) is 0 Å². The van der Waals surface area contributed by atoms with Crippen molar-refractivity contribution < 1.29 is 9.59 Å². The molecule has 0 fully saturated rings. The first-order valence-electron chi connectivity index (χ1n) is 9.92. The van der Waals surface area contributed by atoms with Crippen LogP contribution in [0, 0.1) is 0 Å². The van der Waals surface area contributed by atoms with E-state index < -0.39 is 6.04 Å². The van der Waals surface area contributed by atoms with Crippen LogP contribution in [0.15, 0.2) is 59.5 Å². The van der Waals surface area contributed by atoms with E-state index in [2.05, 4.69) is 29.7 Å². The zero-order valence-corrected chi connectivity index (χ0v) is 18.5. The van der Waals surface area contributed by atoms with Crippen molar-refractivity contribution in [2.45, 2.75) is 37.1 Å². The lowest BCUT2D eigenvalue weighted by molar-refractivity contribution is -0.126. The van der Waals surface area contributed by atoms with Crippen LogP contribution in [0.3, 0.4) is 0 Å². The van der Waals surface area contributed by atoms with E-state index in [4.69, 9.17) is 0 Å². The van der Waals surface area contributed by atoms with Crippen molar-refractivity contribution in [1.29, 1.82) is 0 Å².